The van der Waals surface area contributed by atoms with Gasteiger partial charge in [-0.15, -0.1) is 0 Å². The summed E-state index contributed by atoms with van der Waals surface area (Å²) in [7, 11) is -3.70. The molecule has 0 bridgehead atoms. The lowest BCUT2D eigenvalue weighted by molar-refractivity contribution is -0.114. The lowest BCUT2D eigenvalue weighted by Gasteiger charge is -2.22. The highest BCUT2D eigenvalue weighted by atomic mass is 32.2. The number of nitrogens with one attached hydrogen (secondary N) is 2. The zero-order valence-electron chi connectivity index (χ0n) is 17.2. The van der Waals surface area contributed by atoms with Gasteiger partial charge in [-0.25, -0.2) is 8.42 Å². The number of hydrogen-bond acceptors (Lipinski definition) is 5. The molecule has 8 nitrogen and oxygen atoms in total. The summed E-state index contributed by atoms with van der Waals surface area (Å²) in [6, 6.07) is 16.8. The first kappa shape index (κ1) is 22.1. The Labute approximate surface area is 180 Å². The quantitative estimate of drug-likeness (QED) is 0.559. The van der Waals surface area contributed by atoms with Gasteiger partial charge in [0.05, 0.1) is 36.0 Å². The van der Waals surface area contributed by atoms with Gasteiger partial charge in [0.2, 0.25) is 15.9 Å². The minimum Gasteiger partial charge on any atom is -0.467 e. The van der Waals surface area contributed by atoms with Crippen LogP contribution in [0.3, 0.4) is 0 Å². The van der Waals surface area contributed by atoms with Crippen LogP contribution in [-0.2, 0) is 21.4 Å². The first-order valence-corrected chi connectivity index (χ1v) is 11.3. The molecule has 1 heterocycles. The molecular weight excluding hydrogens is 418 g/mol. The van der Waals surface area contributed by atoms with E-state index >= 15 is 0 Å². The van der Waals surface area contributed by atoms with Crippen molar-refractivity contribution in [3.05, 3.63) is 83.8 Å². The number of para-hydroxylation sites is 1. The Kier molecular flexibility index (Phi) is 6.76. The molecule has 0 atom stereocenters. The van der Waals surface area contributed by atoms with E-state index < -0.39 is 28.4 Å². The van der Waals surface area contributed by atoms with Crippen molar-refractivity contribution in [2.24, 2.45) is 0 Å². The van der Waals surface area contributed by atoms with Gasteiger partial charge in [-0.05, 0) is 48.9 Å². The summed E-state index contributed by atoms with van der Waals surface area (Å²) in [4.78, 5) is 25.3. The summed E-state index contributed by atoms with van der Waals surface area (Å²) >= 11 is 0. The SMILES string of the molecule is Cc1cccc(N(CC(=O)Nc2ccccc2C(=O)NCc2ccco2)S(C)(=O)=O)c1. The zero-order chi connectivity index (χ0) is 22.4. The van der Waals surface area contributed by atoms with E-state index in [2.05, 4.69) is 10.6 Å². The maximum Gasteiger partial charge on any atom is 0.253 e. The lowest BCUT2D eigenvalue weighted by Crippen LogP contribution is -2.37. The smallest absolute Gasteiger partial charge is 0.253 e. The van der Waals surface area contributed by atoms with Crippen molar-refractivity contribution >= 4 is 33.2 Å². The average molecular weight is 442 g/mol. The number of nitrogens with zero attached hydrogens (tertiary/aromatic N) is 1. The van der Waals surface area contributed by atoms with Crippen LogP contribution in [0.1, 0.15) is 21.7 Å². The Bertz CT molecular complexity index is 1170. The molecule has 2 aromatic carbocycles. The van der Waals surface area contributed by atoms with Gasteiger partial charge < -0.3 is 15.1 Å². The van der Waals surface area contributed by atoms with Crippen molar-refractivity contribution in [3.63, 3.8) is 0 Å². The predicted molar refractivity (Wildman–Crippen MR) is 118 cm³/mol. The van der Waals surface area contributed by atoms with Crippen molar-refractivity contribution in [1.29, 1.82) is 0 Å². The molecule has 2 N–H and O–H groups in total. The van der Waals surface area contributed by atoms with E-state index in [0.717, 1.165) is 16.1 Å². The highest BCUT2D eigenvalue weighted by Crippen LogP contribution is 2.20. The number of benzene rings is 2. The molecule has 0 unspecified atom stereocenters. The van der Waals surface area contributed by atoms with Gasteiger partial charge in [-0.3, -0.25) is 13.9 Å². The lowest BCUT2D eigenvalue weighted by atomic mass is 10.1. The molecular formula is C22H23N3O5S. The summed E-state index contributed by atoms with van der Waals surface area (Å²) in [5.74, 6) is -0.374. The molecule has 0 fully saturated rings. The minimum atomic E-state index is -3.70. The number of sulfonamides is 1. The standard InChI is InChI=1S/C22H23N3O5S/c1-16-7-5-8-17(13-16)25(31(2,28)29)15-21(26)24-20-11-4-3-10-19(20)22(27)23-14-18-9-6-12-30-18/h3-13H,14-15H2,1-2H3,(H,23,27)(H,24,26). The Morgan fingerprint density at radius 3 is 2.48 bits per heavy atom. The van der Waals surface area contributed by atoms with Crippen LogP contribution in [0.15, 0.2) is 71.3 Å². The average Bonchev–Trinajstić information content (AvgIpc) is 3.23. The van der Waals surface area contributed by atoms with Crippen LogP contribution < -0.4 is 14.9 Å². The van der Waals surface area contributed by atoms with Crippen LogP contribution in [0.25, 0.3) is 0 Å². The molecule has 1 aromatic heterocycles. The number of carbonyl (C=O) groups is 2. The summed E-state index contributed by atoms with van der Waals surface area (Å²) in [5.41, 5.74) is 1.79. The van der Waals surface area contributed by atoms with Crippen LogP contribution in [-0.4, -0.2) is 33.0 Å². The molecule has 2 amide bonds. The molecule has 0 aliphatic heterocycles. The summed E-state index contributed by atoms with van der Waals surface area (Å²) in [5, 5.41) is 5.36. The Morgan fingerprint density at radius 1 is 1.03 bits per heavy atom. The molecule has 0 saturated heterocycles. The summed E-state index contributed by atoms with van der Waals surface area (Å²) in [6.07, 6.45) is 2.55. The van der Waals surface area contributed by atoms with Crippen molar-refractivity contribution < 1.29 is 22.4 Å². The van der Waals surface area contributed by atoms with E-state index in [1.165, 1.54) is 6.26 Å². The van der Waals surface area contributed by atoms with E-state index in [1.54, 1.807) is 54.6 Å². The molecule has 9 heteroatoms. The molecule has 3 rings (SSSR count). The summed E-state index contributed by atoms with van der Waals surface area (Å²) < 4.78 is 30.8. The van der Waals surface area contributed by atoms with E-state index in [0.29, 0.717) is 11.4 Å². The number of rotatable bonds is 8. The molecule has 162 valence electrons. The molecule has 0 aliphatic rings. The van der Waals surface area contributed by atoms with Gasteiger partial charge in [0.1, 0.15) is 12.3 Å². The van der Waals surface area contributed by atoms with Gasteiger partial charge >= 0.3 is 0 Å². The Balaban J connectivity index is 1.74. The fraction of sp³-hybridized carbons (Fsp3) is 0.182. The zero-order valence-corrected chi connectivity index (χ0v) is 18.0. The number of aryl methyl sites for hydroxylation is 1. The largest absolute Gasteiger partial charge is 0.467 e. The van der Waals surface area contributed by atoms with E-state index in [9.17, 15) is 18.0 Å². The first-order valence-electron chi connectivity index (χ1n) is 9.48. The number of amides is 2. The van der Waals surface area contributed by atoms with Crippen LogP contribution in [0, 0.1) is 6.92 Å². The number of carbonyl (C=O) groups excluding carboxylic acids is 2. The highest BCUT2D eigenvalue weighted by Gasteiger charge is 2.22. The molecule has 0 aliphatic carbocycles. The molecule has 3 aromatic rings. The van der Waals surface area contributed by atoms with Gasteiger partial charge in [0.15, 0.2) is 0 Å². The predicted octanol–water partition coefficient (Wildman–Crippen LogP) is 2.92. The second-order valence-electron chi connectivity index (χ2n) is 6.96. The van der Waals surface area contributed by atoms with Gasteiger partial charge in [0.25, 0.3) is 5.91 Å². The first-order chi connectivity index (χ1) is 14.7. The van der Waals surface area contributed by atoms with Gasteiger partial charge in [0, 0.05) is 0 Å². The van der Waals surface area contributed by atoms with Crippen molar-refractivity contribution in [2.75, 3.05) is 22.4 Å². The summed E-state index contributed by atoms with van der Waals surface area (Å²) in [6.45, 7) is 1.61. The minimum absolute atomic E-state index is 0.198. The molecule has 0 saturated carbocycles. The Morgan fingerprint density at radius 2 is 1.81 bits per heavy atom. The van der Waals surface area contributed by atoms with Crippen molar-refractivity contribution in [2.45, 2.75) is 13.5 Å². The maximum atomic E-state index is 12.7. The number of hydrogen-bond donors (Lipinski definition) is 2. The number of furan rings is 1. The third kappa shape index (κ3) is 5.95. The van der Waals surface area contributed by atoms with E-state index in [-0.39, 0.29) is 17.8 Å². The van der Waals surface area contributed by atoms with Gasteiger partial charge in [-0.2, -0.15) is 0 Å². The molecule has 0 radical (unpaired) electrons. The van der Waals surface area contributed by atoms with Crippen LogP contribution in [0.4, 0.5) is 11.4 Å². The monoisotopic (exact) mass is 441 g/mol. The molecule has 0 spiro atoms. The fourth-order valence-corrected chi connectivity index (χ4v) is 3.82. The van der Waals surface area contributed by atoms with E-state index in [4.69, 9.17) is 4.42 Å². The third-order valence-electron chi connectivity index (χ3n) is 4.43. The van der Waals surface area contributed by atoms with Gasteiger partial charge in [-0.1, -0.05) is 24.3 Å². The van der Waals surface area contributed by atoms with Crippen LogP contribution in [0.5, 0.6) is 0 Å². The fourth-order valence-electron chi connectivity index (χ4n) is 2.97. The van der Waals surface area contributed by atoms with Crippen LogP contribution >= 0.6 is 0 Å². The van der Waals surface area contributed by atoms with Crippen LogP contribution in [0.2, 0.25) is 0 Å². The van der Waals surface area contributed by atoms with Crippen molar-refractivity contribution in [3.8, 4) is 0 Å². The topological polar surface area (TPSA) is 109 Å². The second-order valence-corrected chi connectivity index (χ2v) is 8.87. The normalized spacial score (nSPS) is 11.0. The third-order valence-corrected chi connectivity index (χ3v) is 5.57. The second kappa shape index (κ2) is 9.48. The Hall–Kier alpha value is -3.59. The van der Waals surface area contributed by atoms with E-state index in [1.807, 2.05) is 13.0 Å². The number of anilines is 2. The van der Waals surface area contributed by atoms with Crippen molar-refractivity contribution in [1.82, 2.24) is 5.32 Å². The maximum absolute atomic E-state index is 12.7. The highest BCUT2D eigenvalue weighted by molar-refractivity contribution is 7.92. The molecule has 31 heavy (non-hydrogen) atoms.